The topological polar surface area (TPSA) is 46.3 Å². The van der Waals surface area contributed by atoms with Crippen LogP contribution in [-0.2, 0) is 4.79 Å². The van der Waals surface area contributed by atoms with E-state index in [1.165, 1.54) is 0 Å². The molecule has 16 heavy (non-hydrogen) atoms. The van der Waals surface area contributed by atoms with Gasteiger partial charge in [-0.15, -0.1) is 11.3 Å². The molecule has 2 N–H and O–H groups in total. The smallest absolute Gasteiger partial charge is 0.227 e. The van der Waals surface area contributed by atoms with Crippen LogP contribution in [0.1, 0.15) is 20.3 Å². The van der Waals surface area contributed by atoms with E-state index in [0.29, 0.717) is 13.0 Å². The minimum atomic E-state index is -0.139. The molecule has 5 heteroatoms. The molecule has 90 valence electrons. The van der Waals surface area contributed by atoms with Gasteiger partial charge in [-0.1, -0.05) is 13.8 Å². The van der Waals surface area contributed by atoms with E-state index >= 15 is 0 Å². The molecule has 1 aromatic heterocycles. The lowest BCUT2D eigenvalue weighted by Crippen LogP contribution is -2.34. The monoisotopic (exact) mass is 304 g/mol. The van der Waals surface area contributed by atoms with E-state index < -0.39 is 0 Å². The van der Waals surface area contributed by atoms with Gasteiger partial charge in [0.15, 0.2) is 0 Å². The van der Waals surface area contributed by atoms with Crippen molar-refractivity contribution < 1.29 is 4.79 Å². The van der Waals surface area contributed by atoms with Gasteiger partial charge in [0.2, 0.25) is 5.91 Å². The van der Waals surface area contributed by atoms with E-state index in [-0.39, 0.29) is 11.3 Å². The second-order valence-electron chi connectivity index (χ2n) is 4.58. The molecule has 0 aliphatic heterocycles. The second kappa shape index (κ2) is 5.29. The Balaban J connectivity index is 2.68. The molecule has 3 nitrogen and oxygen atoms in total. The van der Waals surface area contributed by atoms with Crippen LogP contribution < -0.4 is 10.6 Å². The highest BCUT2D eigenvalue weighted by atomic mass is 79.9. The first-order chi connectivity index (χ1) is 7.35. The lowest BCUT2D eigenvalue weighted by molar-refractivity contribution is -0.120. The summed E-state index contributed by atoms with van der Waals surface area (Å²) >= 11 is 4.93. The maximum atomic E-state index is 12.0. The van der Waals surface area contributed by atoms with Gasteiger partial charge in [-0.2, -0.15) is 0 Å². The van der Waals surface area contributed by atoms with Gasteiger partial charge in [0.1, 0.15) is 0 Å². The van der Waals surface area contributed by atoms with Crippen LogP contribution in [0, 0.1) is 5.41 Å². The third kappa shape index (κ3) is 3.57. The Morgan fingerprint density at radius 1 is 1.56 bits per heavy atom. The highest BCUT2D eigenvalue weighted by Gasteiger charge is 2.23. The molecule has 0 saturated carbocycles. The number of nitrogens with two attached hydrogens (primary N) is 1. The molecule has 1 rings (SSSR count). The first-order valence-corrected chi connectivity index (χ1v) is 6.68. The Labute approximate surface area is 109 Å². The van der Waals surface area contributed by atoms with Crippen LogP contribution in [0.5, 0.6) is 0 Å². The second-order valence-corrected chi connectivity index (χ2v) is 7.02. The molecule has 1 heterocycles. The molecule has 1 aromatic rings. The van der Waals surface area contributed by atoms with Crippen LogP contribution in [0.4, 0.5) is 5.00 Å². The average Bonchev–Trinajstić information content (AvgIpc) is 2.63. The number of hydrogen-bond acceptors (Lipinski definition) is 3. The van der Waals surface area contributed by atoms with Crippen LogP contribution in [0.2, 0.25) is 0 Å². The Morgan fingerprint density at radius 2 is 2.19 bits per heavy atom. The van der Waals surface area contributed by atoms with Crippen LogP contribution in [0.15, 0.2) is 15.9 Å². The fraction of sp³-hybridized carbons (Fsp3) is 0.545. The first-order valence-electron chi connectivity index (χ1n) is 5.08. The number of thiophene rings is 1. The SMILES string of the molecule is CN(C(=O)CC(C)(C)CN)c1ccc(Br)s1. The summed E-state index contributed by atoms with van der Waals surface area (Å²) < 4.78 is 1.03. The molecular weight excluding hydrogens is 288 g/mol. The summed E-state index contributed by atoms with van der Waals surface area (Å²) in [5.41, 5.74) is 5.48. The summed E-state index contributed by atoms with van der Waals surface area (Å²) in [4.78, 5) is 13.7. The maximum Gasteiger partial charge on any atom is 0.227 e. The molecule has 0 atom stereocenters. The summed E-state index contributed by atoms with van der Waals surface area (Å²) in [6.07, 6.45) is 0.468. The van der Waals surface area contributed by atoms with Gasteiger partial charge in [0, 0.05) is 13.5 Å². The van der Waals surface area contributed by atoms with Gasteiger partial charge in [0.05, 0.1) is 8.79 Å². The van der Waals surface area contributed by atoms with Gasteiger partial charge >= 0.3 is 0 Å². The molecule has 0 aromatic carbocycles. The molecule has 1 amide bonds. The minimum Gasteiger partial charge on any atom is -0.330 e. The van der Waals surface area contributed by atoms with Crippen molar-refractivity contribution in [1.29, 1.82) is 0 Å². The van der Waals surface area contributed by atoms with Crippen molar-refractivity contribution in [2.24, 2.45) is 11.1 Å². The van der Waals surface area contributed by atoms with E-state index in [4.69, 9.17) is 5.73 Å². The summed E-state index contributed by atoms with van der Waals surface area (Å²) in [6, 6.07) is 3.87. The van der Waals surface area contributed by atoms with Crippen LogP contribution in [0.25, 0.3) is 0 Å². The number of rotatable bonds is 4. The maximum absolute atomic E-state index is 12.0. The van der Waals surface area contributed by atoms with Crippen LogP contribution in [-0.4, -0.2) is 19.5 Å². The molecule has 0 spiro atoms. The fourth-order valence-electron chi connectivity index (χ4n) is 1.21. The summed E-state index contributed by atoms with van der Waals surface area (Å²) in [5.74, 6) is 0.102. The van der Waals surface area contributed by atoms with Crippen molar-refractivity contribution in [3.63, 3.8) is 0 Å². The Kier molecular flexibility index (Phi) is 4.52. The van der Waals surface area contributed by atoms with E-state index in [9.17, 15) is 4.79 Å². The number of carbonyl (C=O) groups is 1. The van der Waals surface area contributed by atoms with Gasteiger partial charge in [-0.05, 0) is 40.0 Å². The third-order valence-electron chi connectivity index (χ3n) is 2.45. The number of hydrogen-bond donors (Lipinski definition) is 1. The molecule has 0 aliphatic carbocycles. The van der Waals surface area contributed by atoms with Gasteiger partial charge in [0.25, 0.3) is 0 Å². The van der Waals surface area contributed by atoms with E-state index in [0.717, 1.165) is 8.79 Å². The summed E-state index contributed by atoms with van der Waals surface area (Å²) in [6.45, 7) is 4.52. The quantitative estimate of drug-likeness (QED) is 0.930. The first kappa shape index (κ1) is 13.7. The lowest BCUT2D eigenvalue weighted by Gasteiger charge is -2.24. The minimum absolute atomic E-state index is 0.102. The Bertz CT molecular complexity index is 376. The molecule has 0 aliphatic rings. The molecule has 0 bridgehead atoms. The summed E-state index contributed by atoms with van der Waals surface area (Å²) in [5, 5.41) is 0.949. The van der Waals surface area contributed by atoms with Gasteiger partial charge < -0.3 is 10.6 Å². The standard InChI is InChI=1S/C11H17BrN2OS/c1-11(2,7-13)6-9(15)14(3)10-5-4-8(12)16-10/h4-5H,6-7,13H2,1-3H3. The predicted octanol–water partition coefficient (Wildman–Crippen LogP) is 2.85. The van der Waals surface area contributed by atoms with Crippen molar-refractivity contribution in [3.05, 3.63) is 15.9 Å². The van der Waals surface area contributed by atoms with Gasteiger partial charge in [-0.3, -0.25) is 4.79 Å². The highest BCUT2D eigenvalue weighted by molar-refractivity contribution is 9.11. The normalized spacial score (nSPS) is 11.6. The molecular formula is C11H17BrN2OS. The number of anilines is 1. The van der Waals surface area contributed by atoms with E-state index in [1.54, 1.807) is 23.3 Å². The zero-order valence-electron chi connectivity index (χ0n) is 9.79. The Hall–Kier alpha value is -0.390. The summed E-state index contributed by atoms with van der Waals surface area (Å²) in [7, 11) is 1.80. The zero-order chi connectivity index (χ0) is 12.3. The molecule has 0 fully saturated rings. The number of halogens is 1. The van der Waals surface area contributed by atoms with E-state index in [1.807, 2.05) is 26.0 Å². The third-order valence-corrected chi connectivity index (χ3v) is 4.15. The Morgan fingerprint density at radius 3 is 2.62 bits per heavy atom. The van der Waals surface area contributed by atoms with Crippen molar-refractivity contribution in [2.45, 2.75) is 20.3 Å². The molecule has 0 radical (unpaired) electrons. The number of nitrogens with zero attached hydrogens (tertiary/aromatic N) is 1. The predicted molar refractivity (Wildman–Crippen MR) is 72.9 cm³/mol. The van der Waals surface area contributed by atoms with E-state index in [2.05, 4.69) is 15.9 Å². The van der Waals surface area contributed by atoms with Crippen LogP contribution >= 0.6 is 27.3 Å². The number of carbonyl (C=O) groups excluding carboxylic acids is 1. The zero-order valence-corrected chi connectivity index (χ0v) is 12.2. The molecule has 0 saturated heterocycles. The van der Waals surface area contributed by atoms with Crippen LogP contribution in [0.3, 0.4) is 0 Å². The van der Waals surface area contributed by atoms with Crippen molar-refractivity contribution in [3.8, 4) is 0 Å². The largest absolute Gasteiger partial charge is 0.330 e. The lowest BCUT2D eigenvalue weighted by atomic mass is 9.89. The van der Waals surface area contributed by atoms with Crippen molar-refractivity contribution >= 4 is 38.2 Å². The highest BCUT2D eigenvalue weighted by Crippen LogP contribution is 2.30. The molecule has 0 unspecified atom stereocenters. The average molecular weight is 305 g/mol. The van der Waals surface area contributed by atoms with Gasteiger partial charge in [-0.25, -0.2) is 0 Å². The van der Waals surface area contributed by atoms with Crippen molar-refractivity contribution in [2.75, 3.05) is 18.5 Å². The fourth-order valence-corrected chi connectivity index (χ4v) is 2.55. The number of amides is 1. The van der Waals surface area contributed by atoms with Crippen molar-refractivity contribution in [1.82, 2.24) is 0 Å².